The molecule has 3 N–H and O–H groups in total. The van der Waals surface area contributed by atoms with Gasteiger partial charge in [-0.25, -0.2) is 4.39 Å². The highest BCUT2D eigenvalue weighted by atomic mass is 19.1. The van der Waals surface area contributed by atoms with Crippen LogP contribution < -0.4 is 5.73 Å². The second kappa shape index (κ2) is 6.39. The fraction of sp³-hybridized carbons (Fsp3) is 0.333. The third-order valence-electron chi connectivity index (χ3n) is 3.42. The first-order valence-electron chi connectivity index (χ1n) is 6.91. The van der Waals surface area contributed by atoms with Gasteiger partial charge < -0.3 is 10.9 Å². The second-order valence-corrected chi connectivity index (χ2v) is 4.76. The van der Waals surface area contributed by atoms with Crippen LogP contribution in [0.5, 0.6) is 0 Å². The molecule has 1 aromatic heterocycles. The number of hydrogen-bond donors (Lipinski definition) is 2. The lowest BCUT2D eigenvalue weighted by Gasteiger charge is -2.09. The van der Waals surface area contributed by atoms with E-state index in [1.807, 2.05) is 19.9 Å². The van der Waals surface area contributed by atoms with Gasteiger partial charge in [-0.3, -0.25) is 4.68 Å². The summed E-state index contributed by atoms with van der Waals surface area (Å²) in [6.45, 7) is 4.39. The van der Waals surface area contributed by atoms with Crippen LogP contribution in [-0.4, -0.2) is 20.8 Å². The number of aromatic nitrogens is 2. The summed E-state index contributed by atoms with van der Waals surface area (Å²) in [5.74, 6) is -0.719. The smallest absolute Gasteiger partial charge is 0.173 e. The van der Waals surface area contributed by atoms with Gasteiger partial charge in [0.25, 0.3) is 0 Å². The predicted octanol–water partition coefficient (Wildman–Crippen LogP) is 2.29. The summed E-state index contributed by atoms with van der Waals surface area (Å²) >= 11 is 0. The van der Waals surface area contributed by atoms with Crippen LogP contribution >= 0.6 is 0 Å². The van der Waals surface area contributed by atoms with Gasteiger partial charge in [-0.2, -0.15) is 5.10 Å². The molecular weight excluding hydrogens is 271 g/mol. The van der Waals surface area contributed by atoms with Crippen molar-refractivity contribution in [2.75, 3.05) is 0 Å². The second-order valence-electron chi connectivity index (χ2n) is 4.76. The lowest BCUT2D eigenvalue weighted by molar-refractivity contribution is 0.318. The van der Waals surface area contributed by atoms with E-state index in [0.29, 0.717) is 12.1 Å². The molecule has 0 amide bonds. The summed E-state index contributed by atoms with van der Waals surface area (Å²) in [6, 6.07) is 6.87. The minimum atomic E-state index is -0.483. The monoisotopic (exact) mass is 290 g/mol. The van der Waals surface area contributed by atoms with Crippen molar-refractivity contribution < 1.29 is 9.60 Å². The number of rotatable bonds is 5. The Kier molecular flexibility index (Phi) is 4.57. The van der Waals surface area contributed by atoms with E-state index in [2.05, 4.69) is 10.3 Å². The molecule has 0 saturated carbocycles. The molecule has 0 radical (unpaired) electrons. The summed E-state index contributed by atoms with van der Waals surface area (Å²) in [6.07, 6.45) is 1.67. The van der Waals surface area contributed by atoms with E-state index in [1.54, 1.807) is 16.8 Å². The zero-order valence-corrected chi connectivity index (χ0v) is 12.2. The molecule has 6 heteroatoms. The number of oxime groups is 1. The van der Waals surface area contributed by atoms with Crippen LogP contribution in [0.2, 0.25) is 0 Å². The van der Waals surface area contributed by atoms with E-state index in [9.17, 15) is 4.39 Å². The van der Waals surface area contributed by atoms with Crippen LogP contribution in [0, 0.1) is 5.82 Å². The molecule has 0 spiro atoms. The van der Waals surface area contributed by atoms with Crippen LogP contribution in [0.3, 0.4) is 0 Å². The topological polar surface area (TPSA) is 76.4 Å². The Morgan fingerprint density at radius 3 is 2.76 bits per heavy atom. The largest absolute Gasteiger partial charge is 0.409 e. The van der Waals surface area contributed by atoms with Crippen LogP contribution in [0.15, 0.2) is 29.4 Å². The first-order valence-corrected chi connectivity index (χ1v) is 6.91. The third kappa shape index (κ3) is 3.04. The molecule has 21 heavy (non-hydrogen) atoms. The average Bonchev–Trinajstić information content (AvgIpc) is 2.90. The molecule has 112 valence electrons. The number of benzene rings is 1. The Morgan fingerprint density at radius 1 is 1.38 bits per heavy atom. The van der Waals surface area contributed by atoms with Crippen LogP contribution in [0.1, 0.15) is 36.4 Å². The normalized spacial score (nSPS) is 11.9. The van der Waals surface area contributed by atoms with Gasteiger partial charge in [0, 0.05) is 11.3 Å². The van der Waals surface area contributed by atoms with E-state index >= 15 is 0 Å². The van der Waals surface area contributed by atoms with Crippen molar-refractivity contribution in [1.29, 1.82) is 0 Å². The van der Waals surface area contributed by atoms with Gasteiger partial charge in [-0.1, -0.05) is 31.1 Å². The Hall–Kier alpha value is -2.37. The zero-order valence-electron chi connectivity index (χ0n) is 12.2. The molecule has 2 rings (SSSR count). The lowest BCUT2D eigenvalue weighted by Crippen LogP contribution is -2.17. The number of halogens is 1. The highest BCUT2D eigenvalue weighted by molar-refractivity contribution is 5.97. The molecule has 0 aliphatic rings. The fourth-order valence-electron chi connectivity index (χ4n) is 2.22. The maximum Gasteiger partial charge on any atom is 0.173 e. The Balaban J connectivity index is 2.38. The molecule has 0 aliphatic heterocycles. The van der Waals surface area contributed by atoms with Gasteiger partial charge in [0.15, 0.2) is 5.84 Å². The van der Waals surface area contributed by atoms with Gasteiger partial charge >= 0.3 is 0 Å². The van der Waals surface area contributed by atoms with Crippen LogP contribution in [0.25, 0.3) is 0 Å². The number of nitrogens with two attached hydrogens (primary N) is 1. The van der Waals surface area contributed by atoms with Crippen molar-refractivity contribution in [2.45, 2.75) is 33.2 Å². The van der Waals surface area contributed by atoms with E-state index in [-0.39, 0.29) is 11.4 Å². The molecule has 0 fully saturated rings. The predicted molar refractivity (Wildman–Crippen MR) is 79.0 cm³/mol. The zero-order chi connectivity index (χ0) is 15.4. The van der Waals surface area contributed by atoms with E-state index < -0.39 is 5.82 Å². The molecule has 1 heterocycles. The molecule has 2 aromatic rings. The van der Waals surface area contributed by atoms with Gasteiger partial charge in [0.1, 0.15) is 5.82 Å². The molecule has 0 aliphatic carbocycles. The van der Waals surface area contributed by atoms with Crippen LogP contribution in [0.4, 0.5) is 4.39 Å². The number of hydrogen-bond acceptors (Lipinski definition) is 3. The first kappa shape index (κ1) is 15.0. The number of amidine groups is 1. The van der Waals surface area contributed by atoms with Crippen LogP contribution in [-0.2, 0) is 19.4 Å². The van der Waals surface area contributed by atoms with E-state index in [0.717, 1.165) is 24.2 Å². The maximum absolute atomic E-state index is 14.4. The maximum atomic E-state index is 14.4. The van der Waals surface area contributed by atoms with Gasteiger partial charge in [-0.05, 0) is 25.0 Å². The molecular formula is C15H19FN4O. The van der Waals surface area contributed by atoms with Crippen molar-refractivity contribution in [3.63, 3.8) is 0 Å². The van der Waals surface area contributed by atoms with Crippen molar-refractivity contribution in [1.82, 2.24) is 9.78 Å². The van der Waals surface area contributed by atoms with E-state index in [1.165, 1.54) is 6.07 Å². The standard InChI is InChI=1S/C15H19FN4O/c1-3-11-8-12(4-2)20(18-11)9-10-6-5-7-13(14(10)16)15(17)19-21/h5-8,21H,3-4,9H2,1-2H3,(H2,17,19). The quantitative estimate of drug-likeness (QED) is 0.384. The van der Waals surface area contributed by atoms with Crippen molar-refractivity contribution in [3.05, 3.63) is 52.6 Å². The minimum absolute atomic E-state index is 0.0934. The Morgan fingerprint density at radius 2 is 2.14 bits per heavy atom. The summed E-state index contributed by atoms with van der Waals surface area (Å²) < 4.78 is 16.2. The van der Waals surface area contributed by atoms with Crippen molar-refractivity contribution >= 4 is 5.84 Å². The van der Waals surface area contributed by atoms with Gasteiger partial charge in [0.2, 0.25) is 0 Å². The fourth-order valence-corrected chi connectivity index (χ4v) is 2.22. The summed E-state index contributed by atoms with van der Waals surface area (Å²) in [5.41, 5.74) is 8.07. The Labute approximate surface area is 122 Å². The van der Waals surface area contributed by atoms with E-state index in [4.69, 9.17) is 10.9 Å². The van der Waals surface area contributed by atoms with Gasteiger partial charge in [-0.15, -0.1) is 0 Å². The molecule has 0 bridgehead atoms. The molecule has 0 unspecified atom stereocenters. The summed E-state index contributed by atoms with van der Waals surface area (Å²) in [5, 5.41) is 16.0. The molecule has 0 atom stereocenters. The lowest BCUT2D eigenvalue weighted by atomic mass is 10.1. The molecule has 5 nitrogen and oxygen atoms in total. The SMILES string of the molecule is CCc1cc(CC)n(Cc2cccc(/C(N)=N/O)c2F)n1. The number of aryl methyl sites for hydroxylation is 2. The summed E-state index contributed by atoms with van der Waals surface area (Å²) in [4.78, 5) is 0. The molecule has 1 aromatic carbocycles. The molecule has 0 saturated heterocycles. The summed E-state index contributed by atoms with van der Waals surface area (Å²) in [7, 11) is 0. The van der Waals surface area contributed by atoms with Gasteiger partial charge in [0.05, 0.1) is 17.8 Å². The number of nitrogens with zero attached hydrogens (tertiary/aromatic N) is 3. The highest BCUT2D eigenvalue weighted by Crippen LogP contribution is 2.16. The first-order chi connectivity index (χ1) is 10.1. The van der Waals surface area contributed by atoms with Crippen molar-refractivity contribution in [3.8, 4) is 0 Å². The highest BCUT2D eigenvalue weighted by Gasteiger charge is 2.13. The minimum Gasteiger partial charge on any atom is -0.409 e. The average molecular weight is 290 g/mol. The Bertz CT molecular complexity index is 664. The van der Waals surface area contributed by atoms with Crippen molar-refractivity contribution in [2.24, 2.45) is 10.9 Å². The third-order valence-corrected chi connectivity index (χ3v) is 3.42.